The van der Waals surface area contributed by atoms with Gasteiger partial charge in [-0.1, -0.05) is 6.07 Å². The monoisotopic (exact) mass is 352 g/mol. The Morgan fingerprint density at radius 1 is 1.25 bits per heavy atom. The lowest BCUT2D eigenvalue weighted by molar-refractivity contribution is 0.122. The highest BCUT2D eigenvalue weighted by Gasteiger charge is 2.24. The molecule has 1 aliphatic rings. The molecule has 0 aliphatic carbocycles. The van der Waals surface area contributed by atoms with Gasteiger partial charge in [-0.25, -0.2) is 22.8 Å². The zero-order valence-electron chi connectivity index (χ0n) is 13.1. The molecule has 0 spiro atoms. The van der Waals surface area contributed by atoms with E-state index in [-0.39, 0.29) is 17.3 Å². The van der Waals surface area contributed by atoms with Crippen LogP contribution in [0.2, 0.25) is 0 Å². The van der Waals surface area contributed by atoms with Crippen LogP contribution in [-0.4, -0.2) is 55.9 Å². The molecule has 2 aromatic rings. The van der Waals surface area contributed by atoms with Crippen molar-refractivity contribution < 1.29 is 17.5 Å². The fourth-order valence-corrected chi connectivity index (χ4v) is 3.11. The van der Waals surface area contributed by atoms with Crippen molar-refractivity contribution in [3.63, 3.8) is 0 Å². The third-order valence-corrected chi connectivity index (χ3v) is 4.30. The van der Waals surface area contributed by atoms with Crippen LogP contribution in [0.25, 0.3) is 11.5 Å². The van der Waals surface area contributed by atoms with Gasteiger partial charge in [-0.3, -0.25) is 4.98 Å². The Morgan fingerprint density at radius 3 is 2.62 bits per heavy atom. The fraction of sp³-hybridized carbons (Fsp3) is 0.400. The van der Waals surface area contributed by atoms with Gasteiger partial charge in [-0.05, 0) is 12.1 Å². The van der Waals surface area contributed by atoms with Crippen LogP contribution in [0.15, 0.2) is 24.4 Å². The number of halogens is 1. The topological polar surface area (TPSA) is 85.3 Å². The van der Waals surface area contributed by atoms with E-state index < -0.39 is 21.4 Å². The first-order valence-corrected chi connectivity index (χ1v) is 9.48. The summed E-state index contributed by atoms with van der Waals surface area (Å²) in [4.78, 5) is 14.3. The lowest BCUT2D eigenvalue weighted by Gasteiger charge is -2.28. The van der Waals surface area contributed by atoms with E-state index in [0.717, 1.165) is 6.26 Å². The van der Waals surface area contributed by atoms with Crippen LogP contribution in [0.5, 0.6) is 0 Å². The van der Waals surface area contributed by atoms with Gasteiger partial charge in [0, 0.05) is 25.5 Å². The average Bonchev–Trinajstić information content (AvgIpc) is 2.57. The molecule has 9 heteroatoms. The van der Waals surface area contributed by atoms with Gasteiger partial charge >= 0.3 is 0 Å². The standard InChI is InChI=1S/C15H17FN4O3S/c1-24(21,22)10-12-13(16)15(20-6-8-23-9-7-20)19-14(18-12)11-4-2-3-5-17-11/h2-5H,6-10H2,1H3. The molecule has 0 amide bonds. The molecule has 0 radical (unpaired) electrons. The summed E-state index contributed by atoms with van der Waals surface area (Å²) in [6.07, 6.45) is 2.62. The van der Waals surface area contributed by atoms with Gasteiger partial charge in [-0.15, -0.1) is 0 Å². The number of rotatable bonds is 4. The van der Waals surface area contributed by atoms with Crippen molar-refractivity contribution in [3.8, 4) is 11.5 Å². The van der Waals surface area contributed by atoms with Crippen LogP contribution in [-0.2, 0) is 20.3 Å². The summed E-state index contributed by atoms with van der Waals surface area (Å²) in [5.74, 6) is -0.898. The average molecular weight is 352 g/mol. The summed E-state index contributed by atoms with van der Waals surface area (Å²) in [7, 11) is -3.44. The first kappa shape index (κ1) is 16.7. The predicted molar refractivity (Wildman–Crippen MR) is 86.8 cm³/mol. The number of hydrogen-bond donors (Lipinski definition) is 0. The van der Waals surface area contributed by atoms with Crippen molar-refractivity contribution in [1.82, 2.24) is 15.0 Å². The first-order chi connectivity index (χ1) is 11.4. The van der Waals surface area contributed by atoms with Crippen LogP contribution in [0, 0.1) is 5.82 Å². The number of nitrogens with zero attached hydrogens (tertiary/aromatic N) is 4. The van der Waals surface area contributed by atoms with Crippen LogP contribution in [0.4, 0.5) is 10.2 Å². The number of morpholine rings is 1. The molecule has 1 aliphatic heterocycles. The van der Waals surface area contributed by atoms with Gasteiger partial charge < -0.3 is 9.64 Å². The van der Waals surface area contributed by atoms with Crippen molar-refractivity contribution in [3.05, 3.63) is 35.9 Å². The zero-order chi connectivity index (χ0) is 17.2. The van der Waals surface area contributed by atoms with Gasteiger partial charge in [0.25, 0.3) is 0 Å². The second-order valence-electron chi connectivity index (χ2n) is 5.52. The van der Waals surface area contributed by atoms with Crippen molar-refractivity contribution in [2.75, 3.05) is 37.5 Å². The molecule has 0 aromatic carbocycles. The molecule has 24 heavy (non-hydrogen) atoms. The van der Waals surface area contributed by atoms with Crippen molar-refractivity contribution in [2.24, 2.45) is 0 Å². The minimum Gasteiger partial charge on any atom is -0.378 e. The normalized spacial score (nSPS) is 15.5. The summed E-state index contributed by atoms with van der Waals surface area (Å²) < 4.78 is 43.3. The molecule has 0 atom stereocenters. The van der Waals surface area contributed by atoms with Gasteiger partial charge in [-0.2, -0.15) is 0 Å². The van der Waals surface area contributed by atoms with E-state index >= 15 is 0 Å². The quantitative estimate of drug-likeness (QED) is 0.813. The number of anilines is 1. The van der Waals surface area contributed by atoms with Gasteiger partial charge in [0.1, 0.15) is 5.69 Å². The maximum absolute atomic E-state index is 14.8. The minimum atomic E-state index is -3.44. The highest BCUT2D eigenvalue weighted by atomic mass is 32.2. The van der Waals surface area contributed by atoms with Crippen LogP contribution < -0.4 is 4.90 Å². The Kier molecular flexibility index (Phi) is 4.72. The molecule has 1 fully saturated rings. The lowest BCUT2D eigenvalue weighted by Crippen LogP contribution is -2.37. The Hall–Kier alpha value is -2.13. The van der Waals surface area contributed by atoms with Crippen LogP contribution in [0.1, 0.15) is 5.69 Å². The Bertz CT molecular complexity index is 824. The molecule has 0 N–H and O–H groups in total. The Labute approximate surface area is 139 Å². The summed E-state index contributed by atoms with van der Waals surface area (Å²) in [5.41, 5.74) is 0.316. The smallest absolute Gasteiger partial charge is 0.188 e. The summed E-state index contributed by atoms with van der Waals surface area (Å²) in [6, 6.07) is 5.20. The molecule has 0 bridgehead atoms. The minimum absolute atomic E-state index is 0.0904. The third kappa shape index (κ3) is 3.85. The number of sulfone groups is 1. The largest absolute Gasteiger partial charge is 0.378 e. The van der Waals surface area contributed by atoms with E-state index in [1.807, 2.05) is 0 Å². The van der Waals surface area contributed by atoms with E-state index in [9.17, 15) is 12.8 Å². The molecule has 128 valence electrons. The molecular weight excluding hydrogens is 335 g/mol. The van der Waals surface area contributed by atoms with E-state index in [1.54, 1.807) is 29.3 Å². The van der Waals surface area contributed by atoms with Crippen molar-refractivity contribution in [1.29, 1.82) is 0 Å². The number of pyridine rings is 1. The maximum Gasteiger partial charge on any atom is 0.188 e. The SMILES string of the molecule is CS(=O)(=O)Cc1nc(-c2ccccn2)nc(N2CCOCC2)c1F. The fourth-order valence-electron chi connectivity index (χ4n) is 2.42. The molecule has 0 saturated carbocycles. The van der Waals surface area contributed by atoms with Gasteiger partial charge in [0.15, 0.2) is 27.3 Å². The predicted octanol–water partition coefficient (Wildman–Crippen LogP) is 1.06. The van der Waals surface area contributed by atoms with E-state index in [4.69, 9.17) is 4.74 Å². The number of aromatic nitrogens is 3. The Balaban J connectivity index is 2.11. The lowest BCUT2D eigenvalue weighted by atomic mass is 10.3. The number of ether oxygens (including phenoxy) is 1. The highest BCUT2D eigenvalue weighted by Crippen LogP contribution is 2.25. The Morgan fingerprint density at radius 2 is 2.00 bits per heavy atom. The first-order valence-electron chi connectivity index (χ1n) is 7.42. The maximum atomic E-state index is 14.8. The summed E-state index contributed by atoms with van der Waals surface area (Å²) in [6.45, 7) is 1.88. The second-order valence-corrected chi connectivity index (χ2v) is 7.66. The summed E-state index contributed by atoms with van der Waals surface area (Å²) in [5, 5.41) is 0. The molecule has 2 aromatic heterocycles. The molecular formula is C15H17FN4O3S. The van der Waals surface area contributed by atoms with Gasteiger partial charge in [0.05, 0.1) is 24.7 Å². The molecule has 3 heterocycles. The highest BCUT2D eigenvalue weighted by molar-refractivity contribution is 7.89. The summed E-state index contributed by atoms with van der Waals surface area (Å²) >= 11 is 0. The van der Waals surface area contributed by atoms with Gasteiger partial charge in [0.2, 0.25) is 0 Å². The molecule has 3 rings (SSSR count). The second kappa shape index (κ2) is 6.78. The van der Waals surface area contributed by atoms with Crippen molar-refractivity contribution >= 4 is 15.7 Å². The van der Waals surface area contributed by atoms with E-state index in [2.05, 4.69) is 15.0 Å². The van der Waals surface area contributed by atoms with Crippen molar-refractivity contribution in [2.45, 2.75) is 5.75 Å². The van der Waals surface area contributed by atoms with E-state index in [1.165, 1.54) is 0 Å². The molecule has 7 nitrogen and oxygen atoms in total. The van der Waals surface area contributed by atoms with Crippen LogP contribution in [0.3, 0.4) is 0 Å². The molecule has 0 unspecified atom stereocenters. The molecule has 1 saturated heterocycles. The van der Waals surface area contributed by atoms with E-state index in [0.29, 0.717) is 32.0 Å². The zero-order valence-corrected chi connectivity index (χ0v) is 14.0. The number of hydrogen-bond acceptors (Lipinski definition) is 7. The third-order valence-electron chi connectivity index (χ3n) is 3.51. The van der Waals surface area contributed by atoms with Crippen LogP contribution >= 0.6 is 0 Å².